The zero-order valence-corrected chi connectivity index (χ0v) is 20.3. The number of nitrogens with zero attached hydrogens (tertiary/aromatic N) is 2. The number of amides is 1. The van der Waals surface area contributed by atoms with E-state index in [1.807, 2.05) is 6.92 Å². The second-order valence-corrected chi connectivity index (χ2v) is 8.29. The minimum atomic E-state index is 0.0321. The Labute approximate surface area is 189 Å². The molecule has 0 heterocycles. The summed E-state index contributed by atoms with van der Waals surface area (Å²) in [4.78, 5) is 40.4. The van der Waals surface area contributed by atoms with Gasteiger partial charge in [0.25, 0.3) is 0 Å². The highest BCUT2D eigenvalue weighted by atomic mass is 16.3. The molecule has 0 unspecified atom stereocenters. The highest BCUT2D eigenvalue weighted by Gasteiger charge is 2.14. The minimum Gasteiger partial charge on any atom is -0.395 e. The first-order chi connectivity index (χ1) is 15.0. The Morgan fingerprint density at radius 1 is 0.645 bits per heavy atom. The second-order valence-electron chi connectivity index (χ2n) is 8.29. The number of aliphatic hydroxyl groups excluding tert-OH is 1. The molecule has 0 atom stereocenters. The van der Waals surface area contributed by atoms with Gasteiger partial charge in [-0.05, 0) is 19.3 Å². The molecule has 7 heteroatoms. The Hall–Kier alpha value is -1.31. The lowest BCUT2D eigenvalue weighted by molar-refractivity contribution is -0.122. The quantitative estimate of drug-likeness (QED) is 0.269. The van der Waals surface area contributed by atoms with Gasteiger partial charge >= 0.3 is 0 Å². The van der Waals surface area contributed by atoms with E-state index in [1.165, 1.54) is 0 Å². The van der Waals surface area contributed by atoms with Crippen molar-refractivity contribution in [2.24, 2.45) is 0 Å². The number of aliphatic hydroxyl groups is 1. The van der Waals surface area contributed by atoms with Gasteiger partial charge in [0, 0.05) is 77.9 Å². The number of hydrogen-bond acceptors (Lipinski definition) is 6. The van der Waals surface area contributed by atoms with Crippen molar-refractivity contribution in [3.05, 3.63) is 0 Å². The van der Waals surface area contributed by atoms with Crippen LogP contribution in [0.1, 0.15) is 85.0 Å². The lowest BCUT2D eigenvalue weighted by Crippen LogP contribution is -2.40. The average molecular weight is 442 g/mol. The zero-order valence-electron chi connectivity index (χ0n) is 20.3. The topological polar surface area (TPSA) is 90.0 Å². The largest absolute Gasteiger partial charge is 0.395 e. The molecule has 0 bridgehead atoms. The first-order valence-corrected chi connectivity index (χ1v) is 12.3. The Morgan fingerprint density at radius 3 is 1.58 bits per heavy atom. The molecule has 0 aliphatic heterocycles. The molecule has 0 radical (unpaired) electrons. The Kier molecular flexibility index (Phi) is 19.7. The predicted molar refractivity (Wildman–Crippen MR) is 126 cm³/mol. The molecule has 0 saturated carbocycles. The number of hydrogen-bond donors (Lipinski definition) is 2. The molecule has 1 amide bonds. The van der Waals surface area contributed by atoms with Gasteiger partial charge in [0.05, 0.1) is 6.61 Å². The lowest BCUT2D eigenvalue weighted by atomic mass is 10.1. The molecule has 31 heavy (non-hydrogen) atoms. The van der Waals surface area contributed by atoms with Crippen molar-refractivity contribution in [2.45, 2.75) is 85.0 Å². The van der Waals surface area contributed by atoms with Crippen LogP contribution in [-0.2, 0) is 14.4 Å². The van der Waals surface area contributed by atoms with Crippen LogP contribution in [0.25, 0.3) is 0 Å². The molecule has 7 nitrogen and oxygen atoms in total. The van der Waals surface area contributed by atoms with Crippen molar-refractivity contribution >= 4 is 17.5 Å². The van der Waals surface area contributed by atoms with E-state index in [9.17, 15) is 19.5 Å². The molecule has 0 aromatic carbocycles. The van der Waals surface area contributed by atoms with E-state index in [4.69, 9.17) is 0 Å². The van der Waals surface area contributed by atoms with Crippen LogP contribution < -0.4 is 5.32 Å². The van der Waals surface area contributed by atoms with Gasteiger partial charge in [-0.25, -0.2) is 0 Å². The highest BCUT2D eigenvalue weighted by Crippen LogP contribution is 2.05. The maximum Gasteiger partial charge on any atom is 0.221 e. The van der Waals surface area contributed by atoms with Crippen molar-refractivity contribution in [3.63, 3.8) is 0 Å². The Morgan fingerprint density at radius 2 is 1.13 bits per heavy atom. The van der Waals surface area contributed by atoms with E-state index in [0.717, 1.165) is 38.6 Å². The van der Waals surface area contributed by atoms with Crippen LogP contribution in [-0.4, -0.2) is 84.8 Å². The van der Waals surface area contributed by atoms with Crippen LogP contribution in [0.2, 0.25) is 0 Å². The van der Waals surface area contributed by atoms with Crippen LogP contribution in [0.5, 0.6) is 0 Å². The van der Waals surface area contributed by atoms with Crippen molar-refractivity contribution in [1.29, 1.82) is 0 Å². The summed E-state index contributed by atoms with van der Waals surface area (Å²) in [6.07, 6.45) is 7.50. The standard InChI is InChI=1S/C24H47N3O4/c1-4-7-9-22(29)11-15-26(16-12-23(30)10-8-5-2)18-19-27(20-21-28)17-13-24(31)25-14-6-3/h28H,4-21H2,1-3H3,(H,25,31). The predicted octanol–water partition coefficient (Wildman–Crippen LogP) is 2.80. The fourth-order valence-electron chi connectivity index (χ4n) is 3.27. The molecular formula is C24H47N3O4. The van der Waals surface area contributed by atoms with Gasteiger partial charge in [-0.15, -0.1) is 0 Å². The summed E-state index contributed by atoms with van der Waals surface area (Å²) in [5, 5.41) is 12.3. The fourth-order valence-corrected chi connectivity index (χ4v) is 3.27. The first kappa shape index (κ1) is 29.7. The normalized spacial score (nSPS) is 11.3. The van der Waals surface area contributed by atoms with Crippen LogP contribution in [0.3, 0.4) is 0 Å². The molecule has 2 N–H and O–H groups in total. The van der Waals surface area contributed by atoms with Gasteiger partial charge in [-0.2, -0.15) is 0 Å². The average Bonchev–Trinajstić information content (AvgIpc) is 2.77. The van der Waals surface area contributed by atoms with E-state index in [0.29, 0.717) is 71.4 Å². The number of unbranched alkanes of at least 4 members (excludes halogenated alkanes) is 2. The third kappa shape index (κ3) is 18.0. The molecular weight excluding hydrogens is 394 g/mol. The molecule has 0 aromatic rings. The molecule has 0 aliphatic carbocycles. The number of rotatable bonds is 22. The highest BCUT2D eigenvalue weighted by molar-refractivity contribution is 5.79. The summed E-state index contributed by atoms with van der Waals surface area (Å²) in [6, 6.07) is 0. The van der Waals surface area contributed by atoms with Gasteiger partial charge in [-0.3, -0.25) is 19.3 Å². The van der Waals surface area contributed by atoms with E-state index >= 15 is 0 Å². The van der Waals surface area contributed by atoms with Crippen molar-refractivity contribution in [2.75, 3.05) is 52.4 Å². The summed E-state index contributed by atoms with van der Waals surface area (Å²) in [7, 11) is 0. The SMILES string of the molecule is CCCCC(=O)CCN(CCC(=O)CCCC)CCN(CCO)CCC(=O)NCCC. The van der Waals surface area contributed by atoms with Crippen molar-refractivity contribution in [3.8, 4) is 0 Å². The van der Waals surface area contributed by atoms with Crippen LogP contribution in [0.4, 0.5) is 0 Å². The second kappa shape index (κ2) is 20.6. The monoisotopic (exact) mass is 441 g/mol. The van der Waals surface area contributed by atoms with Gasteiger partial charge in [0.15, 0.2) is 0 Å². The number of nitrogens with one attached hydrogen (secondary N) is 1. The van der Waals surface area contributed by atoms with Gasteiger partial charge in [0.1, 0.15) is 11.6 Å². The molecule has 0 spiro atoms. The number of carbonyl (C=O) groups excluding carboxylic acids is 3. The fraction of sp³-hybridized carbons (Fsp3) is 0.875. The maximum atomic E-state index is 12.1. The first-order valence-electron chi connectivity index (χ1n) is 12.3. The van der Waals surface area contributed by atoms with Crippen LogP contribution >= 0.6 is 0 Å². The molecule has 0 saturated heterocycles. The maximum absolute atomic E-state index is 12.1. The van der Waals surface area contributed by atoms with Gasteiger partial charge in [-0.1, -0.05) is 33.6 Å². The number of ketones is 2. The summed E-state index contributed by atoms with van der Waals surface area (Å²) < 4.78 is 0. The zero-order chi connectivity index (χ0) is 23.3. The lowest BCUT2D eigenvalue weighted by Gasteiger charge is -2.27. The summed E-state index contributed by atoms with van der Waals surface area (Å²) in [6.45, 7) is 10.8. The van der Waals surface area contributed by atoms with E-state index in [1.54, 1.807) is 0 Å². The third-order valence-electron chi connectivity index (χ3n) is 5.41. The molecule has 0 fully saturated rings. The smallest absolute Gasteiger partial charge is 0.221 e. The van der Waals surface area contributed by atoms with Crippen LogP contribution in [0, 0.1) is 0 Å². The third-order valence-corrected chi connectivity index (χ3v) is 5.41. The van der Waals surface area contributed by atoms with Crippen molar-refractivity contribution < 1.29 is 19.5 Å². The van der Waals surface area contributed by atoms with E-state index in [-0.39, 0.29) is 24.1 Å². The molecule has 0 aromatic heterocycles. The van der Waals surface area contributed by atoms with E-state index in [2.05, 4.69) is 29.0 Å². The summed E-state index contributed by atoms with van der Waals surface area (Å²) in [5.41, 5.74) is 0. The summed E-state index contributed by atoms with van der Waals surface area (Å²) >= 11 is 0. The Bertz CT molecular complexity index is 461. The summed E-state index contributed by atoms with van der Waals surface area (Å²) in [5.74, 6) is 0.595. The van der Waals surface area contributed by atoms with Crippen LogP contribution in [0.15, 0.2) is 0 Å². The molecule has 0 aliphatic rings. The van der Waals surface area contributed by atoms with E-state index < -0.39 is 0 Å². The van der Waals surface area contributed by atoms with Gasteiger partial charge in [0.2, 0.25) is 5.91 Å². The number of carbonyl (C=O) groups is 3. The molecule has 0 rings (SSSR count). The Balaban J connectivity index is 4.65. The van der Waals surface area contributed by atoms with Crippen molar-refractivity contribution in [1.82, 2.24) is 15.1 Å². The number of Topliss-reactive ketones (excluding diaryl/α,β-unsaturated/α-hetero) is 2. The minimum absolute atomic E-state index is 0.0321. The molecule has 182 valence electrons. The van der Waals surface area contributed by atoms with Gasteiger partial charge < -0.3 is 15.3 Å².